The molecule has 0 fully saturated rings. The summed E-state index contributed by atoms with van der Waals surface area (Å²) >= 11 is 0. The van der Waals surface area contributed by atoms with Crippen LogP contribution < -0.4 is 5.73 Å². The number of hydrogen-bond donors (Lipinski definition) is 3. The normalized spacial score (nSPS) is 15.7. The van der Waals surface area contributed by atoms with Crippen molar-refractivity contribution in [1.29, 1.82) is 0 Å². The van der Waals surface area contributed by atoms with Gasteiger partial charge in [-0.3, -0.25) is 0 Å². The summed E-state index contributed by atoms with van der Waals surface area (Å²) in [5, 5.41) is 19.7. The van der Waals surface area contributed by atoms with E-state index >= 15 is 0 Å². The van der Waals surface area contributed by atoms with E-state index in [-0.39, 0.29) is 24.1 Å². The molecule has 0 heterocycles. The summed E-state index contributed by atoms with van der Waals surface area (Å²) in [7, 11) is 0. The van der Waals surface area contributed by atoms with E-state index < -0.39 is 12.1 Å². The Hall–Kier alpha value is -0.770. The lowest BCUT2D eigenvalue weighted by molar-refractivity contribution is 0.0875. The van der Waals surface area contributed by atoms with Crippen molar-refractivity contribution in [3.63, 3.8) is 0 Å². The van der Waals surface area contributed by atoms with Crippen LogP contribution in [-0.2, 0) is 0 Å². The summed E-state index contributed by atoms with van der Waals surface area (Å²) in [5.74, 6) is 0.409. The highest BCUT2D eigenvalue weighted by atomic mass is 35.5. The van der Waals surface area contributed by atoms with Crippen molar-refractivity contribution in [2.45, 2.75) is 46.3 Å². The summed E-state index contributed by atoms with van der Waals surface area (Å²) in [6, 6.07) is 2.97. The largest absolute Gasteiger partial charge is 0.508 e. The van der Waals surface area contributed by atoms with E-state index in [1.807, 2.05) is 27.7 Å². The molecule has 0 bridgehead atoms. The van der Waals surface area contributed by atoms with Crippen molar-refractivity contribution in [3.8, 4) is 5.75 Å². The first kappa shape index (κ1) is 17.2. The fraction of sp³-hybridized carbons (Fsp3) is 0.571. The van der Waals surface area contributed by atoms with Gasteiger partial charge in [0.05, 0.1) is 12.1 Å². The van der Waals surface area contributed by atoms with Crippen LogP contribution in [-0.4, -0.2) is 16.3 Å². The molecule has 4 heteroatoms. The maximum absolute atomic E-state index is 10.2. The highest BCUT2D eigenvalue weighted by Crippen LogP contribution is 2.29. The Morgan fingerprint density at radius 2 is 1.67 bits per heavy atom. The van der Waals surface area contributed by atoms with Gasteiger partial charge in [-0.1, -0.05) is 20.3 Å². The van der Waals surface area contributed by atoms with Gasteiger partial charge < -0.3 is 15.9 Å². The number of aryl methyl sites for hydroxylation is 2. The van der Waals surface area contributed by atoms with Crippen molar-refractivity contribution in [3.05, 3.63) is 28.8 Å². The van der Waals surface area contributed by atoms with Crippen molar-refractivity contribution in [1.82, 2.24) is 0 Å². The molecule has 0 radical (unpaired) electrons. The second kappa shape index (κ2) is 6.98. The van der Waals surface area contributed by atoms with Crippen molar-refractivity contribution in [2.75, 3.05) is 0 Å². The van der Waals surface area contributed by atoms with Gasteiger partial charge >= 0.3 is 0 Å². The number of phenols is 1. The molecular formula is C14H24ClNO2. The molecule has 0 saturated heterocycles. The number of rotatable bonds is 4. The lowest BCUT2D eigenvalue weighted by atomic mass is 9.87. The summed E-state index contributed by atoms with van der Waals surface area (Å²) < 4.78 is 0. The Balaban J connectivity index is 0.00000289. The van der Waals surface area contributed by atoms with E-state index in [9.17, 15) is 10.2 Å². The number of nitrogens with two attached hydrogens (primary N) is 1. The Labute approximate surface area is 115 Å². The fourth-order valence-electron chi connectivity index (χ4n) is 2.24. The van der Waals surface area contributed by atoms with Crippen LogP contribution in [0, 0.1) is 19.8 Å². The number of aromatic hydroxyl groups is 1. The second-order valence-electron chi connectivity index (χ2n) is 4.90. The topological polar surface area (TPSA) is 66.5 Å². The van der Waals surface area contributed by atoms with Crippen LogP contribution in [0.4, 0.5) is 0 Å². The zero-order valence-electron chi connectivity index (χ0n) is 11.5. The number of halogens is 1. The van der Waals surface area contributed by atoms with Crippen LogP contribution in [0.5, 0.6) is 5.75 Å². The van der Waals surface area contributed by atoms with Gasteiger partial charge in [0.2, 0.25) is 0 Å². The summed E-state index contributed by atoms with van der Waals surface area (Å²) in [4.78, 5) is 0. The maximum atomic E-state index is 10.2. The predicted octanol–water partition coefficient (Wildman–Crippen LogP) is 2.84. The molecule has 0 spiro atoms. The Morgan fingerprint density at radius 1 is 1.22 bits per heavy atom. The molecule has 1 rings (SSSR count). The highest BCUT2D eigenvalue weighted by Gasteiger charge is 2.24. The van der Waals surface area contributed by atoms with E-state index in [1.54, 1.807) is 12.1 Å². The van der Waals surface area contributed by atoms with Gasteiger partial charge in [0.25, 0.3) is 0 Å². The lowest BCUT2D eigenvalue weighted by Crippen LogP contribution is -2.32. The third-order valence-electron chi connectivity index (χ3n) is 3.51. The third kappa shape index (κ3) is 3.61. The van der Waals surface area contributed by atoms with Gasteiger partial charge in [0.15, 0.2) is 0 Å². The maximum Gasteiger partial charge on any atom is 0.116 e. The molecule has 0 saturated carbocycles. The fourth-order valence-corrected chi connectivity index (χ4v) is 2.24. The molecule has 104 valence electrons. The SMILES string of the molecule is CCC(C)[C@H](O)[C@H](N)c1c(C)cc(O)cc1C.Cl. The molecule has 1 unspecified atom stereocenters. The number of aliphatic hydroxyl groups is 1. The molecule has 0 aliphatic heterocycles. The smallest absolute Gasteiger partial charge is 0.116 e. The van der Waals surface area contributed by atoms with Crippen molar-refractivity contribution < 1.29 is 10.2 Å². The van der Waals surface area contributed by atoms with Gasteiger partial charge in [-0.05, 0) is 48.6 Å². The second-order valence-corrected chi connectivity index (χ2v) is 4.90. The molecule has 1 aromatic rings. The van der Waals surface area contributed by atoms with Gasteiger partial charge in [-0.15, -0.1) is 12.4 Å². The number of aliphatic hydroxyl groups excluding tert-OH is 1. The predicted molar refractivity (Wildman–Crippen MR) is 77.2 cm³/mol. The van der Waals surface area contributed by atoms with Crippen LogP contribution >= 0.6 is 12.4 Å². The first-order valence-corrected chi connectivity index (χ1v) is 6.12. The van der Waals surface area contributed by atoms with Crippen LogP contribution in [0.1, 0.15) is 43.0 Å². The summed E-state index contributed by atoms with van der Waals surface area (Å²) in [6.07, 6.45) is 0.340. The summed E-state index contributed by atoms with van der Waals surface area (Å²) in [6.45, 7) is 7.85. The monoisotopic (exact) mass is 273 g/mol. The van der Waals surface area contributed by atoms with Crippen molar-refractivity contribution in [2.24, 2.45) is 11.7 Å². The van der Waals surface area contributed by atoms with E-state index in [1.165, 1.54) is 0 Å². The zero-order valence-corrected chi connectivity index (χ0v) is 12.3. The molecular weight excluding hydrogens is 250 g/mol. The minimum Gasteiger partial charge on any atom is -0.508 e. The van der Waals surface area contributed by atoms with Crippen LogP contribution in [0.15, 0.2) is 12.1 Å². The molecule has 3 nitrogen and oxygen atoms in total. The van der Waals surface area contributed by atoms with Gasteiger partial charge in [0, 0.05) is 0 Å². The number of benzene rings is 1. The molecule has 1 aromatic carbocycles. The van der Waals surface area contributed by atoms with Crippen LogP contribution in [0.25, 0.3) is 0 Å². The first-order chi connectivity index (χ1) is 7.88. The summed E-state index contributed by atoms with van der Waals surface area (Å²) in [5.41, 5.74) is 8.93. The minimum atomic E-state index is -0.554. The first-order valence-electron chi connectivity index (χ1n) is 6.12. The quantitative estimate of drug-likeness (QED) is 0.790. The lowest BCUT2D eigenvalue weighted by Gasteiger charge is -2.26. The van der Waals surface area contributed by atoms with E-state index in [0.29, 0.717) is 0 Å². The van der Waals surface area contributed by atoms with E-state index in [0.717, 1.165) is 23.1 Å². The van der Waals surface area contributed by atoms with Gasteiger partial charge in [-0.2, -0.15) is 0 Å². The number of hydrogen-bond acceptors (Lipinski definition) is 3. The Bertz CT molecular complexity index is 372. The molecule has 0 aliphatic rings. The van der Waals surface area contributed by atoms with E-state index in [2.05, 4.69) is 0 Å². The highest BCUT2D eigenvalue weighted by molar-refractivity contribution is 5.85. The number of phenolic OH excluding ortho intramolecular Hbond substituents is 1. The molecule has 0 aliphatic carbocycles. The average Bonchev–Trinajstić information content (AvgIpc) is 2.25. The molecule has 3 atom stereocenters. The molecule has 0 amide bonds. The standard InChI is InChI=1S/C14H23NO2.ClH/c1-5-8(2)14(17)13(15)12-9(3)6-11(16)7-10(12)4;/h6-8,13-14,16-17H,5,15H2,1-4H3;1H/t8?,13-,14+;/m1./s1. The van der Waals surface area contributed by atoms with E-state index in [4.69, 9.17) is 5.73 Å². The molecule has 18 heavy (non-hydrogen) atoms. The Kier molecular flexibility index (Phi) is 6.68. The zero-order chi connectivity index (χ0) is 13.2. The minimum absolute atomic E-state index is 0. The Morgan fingerprint density at radius 3 is 2.06 bits per heavy atom. The van der Waals surface area contributed by atoms with Crippen molar-refractivity contribution >= 4 is 12.4 Å². The molecule has 4 N–H and O–H groups in total. The average molecular weight is 274 g/mol. The van der Waals surface area contributed by atoms with Gasteiger partial charge in [-0.25, -0.2) is 0 Å². The molecule has 0 aromatic heterocycles. The van der Waals surface area contributed by atoms with Crippen LogP contribution in [0.2, 0.25) is 0 Å². The van der Waals surface area contributed by atoms with Gasteiger partial charge in [0.1, 0.15) is 5.75 Å². The van der Waals surface area contributed by atoms with Crippen LogP contribution in [0.3, 0.4) is 0 Å². The third-order valence-corrected chi connectivity index (χ3v) is 3.51.